The van der Waals surface area contributed by atoms with E-state index in [2.05, 4.69) is 57.0 Å². The fourth-order valence-corrected chi connectivity index (χ4v) is 4.77. The Morgan fingerprint density at radius 2 is 1.72 bits per heavy atom. The van der Waals surface area contributed by atoms with Crippen molar-refractivity contribution in [2.75, 3.05) is 31.7 Å². The summed E-state index contributed by atoms with van der Waals surface area (Å²) in [7, 11) is -0.172. The molecular weight excluding hydrogens is 418 g/mol. The second-order valence-corrected chi connectivity index (χ2v) is 16.3. The molecule has 0 bridgehead atoms. The molecule has 0 unspecified atom stereocenters. The van der Waals surface area contributed by atoms with Gasteiger partial charge in [0.15, 0.2) is 8.32 Å². The van der Waals surface area contributed by atoms with E-state index in [1.807, 2.05) is 20.8 Å². The van der Waals surface area contributed by atoms with E-state index in [1.165, 1.54) is 18.4 Å². The van der Waals surface area contributed by atoms with Gasteiger partial charge < -0.3 is 18.8 Å². The zero-order valence-corrected chi connectivity index (χ0v) is 22.8. The van der Waals surface area contributed by atoms with Gasteiger partial charge in [0, 0.05) is 32.0 Å². The number of esters is 1. The van der Waals surface area contributed by atoms with Crippen molar-refractivity contribution in [3.8, 4) is 5.75 Å². The maximum Gasteiger partial charge on any atom is 0.306 e. The Balaban J connectivity index is 2.26. The quantitative estimate of drug-likeness (QED) is 0.308. The van der Waals surface area contributed by atoms with Crippen LogP contribution in [0.2, 0.25) is 18.1 Å². The average Bonchev–Trinajstić information content (AvgIpc) is 3.20. The number of nitrogens with zero attached hydrogens (tertiary/aromatic N) is 1. The maximum absolute atomic E-state index is 12.4. The first-order valence-electron chi connectivity index (χ1n) is 12.0. The monoisotopic (exact) mass is 463 g/mol. The van der Waals surface area contributed by atoms with Crippen LogP contribution in [0.25, 0.3) is 0 Å². The Hall–Kier alpha value is -1.53. The van der Waals surface area contributed by atoms with Crippen LogP contribution in [0.5, 0.6) is 5.75 Å². The second kappa shape index (κ2) is 10.6. The number of carbonyl (C=O) groups is 1. The molecule has 0 radical (unpaired) electrons. The largest absolute Gasteiger partial charge is 0.495 e. The third-order valence-corrected chi connectivity index (χ3v) is 11.2. The van der Waals surface area contributed by atoms with E-state index in [0.717, 1.165) is 24.5 Å². The summed E-state index contributed by atoms with van der Waals surface area (Å²) in [6.07, 6.45) is 3.51. The minimum absolute atomic E-state index is 0.129. The van der Waals surface area contributed by atoms with Crippen LogP contribution in [0.15, 0.2) is 18.2 Å². The fraction of sp³-hybridized carbons (Fsp3) is 0.731. The van der Waals surface area contributed by atoms with Crippen molar-refractivity contribution in [2.24, 2.45) is 0 Å². The molecule has 0 aliphatic carbocycles. The van der Waals surface area contributed by atoms with Crippen LogP contribution >= 0.6 is 0 Å². The van der Waals surface area contributed by atoms with Gasteiger partial charge >= 0.3 is 5.97 Å². The first-order valence-corrected chi connectivity index (χ1v) is 14.9. The summed E-state index contributed by atoms with van der Waals surface area (Å²) in [6.45, 7) is 19.8. The molecule has 1 heterocycles. The molecule has 1 fully saturated rings. The molecule has 0 N–H and O–H groups in total. The van der Waals surface area contributed by atoms with Crippen LogP contribution in [0.1, 0.15) is 78.7 Å². The Labute approximate surface area is 196 Å². The van der Waals surface area contributed by atoms with Crippen LogP contribution in [0, 0.1) is 0 Å². The fourth-order valence-electron chi connectivity index (χ4n) is 3.72. The predicted molar refractivity (Wildman–Crippen MR) is 135 cm³/mol. The molecule has 0 saturated carbocycles. The highest BCUT2D eigenvalue weighted by Gasteiger charge is 2.38. The molecule has 1 atom stereocenters. The van der Waals surface area contributed by atoms with E-state index in [4.69, 9.17) is 13.9 Å². The van der Waals surface area contributed by atoms with E-state index in [-0.39, 0.29) is 16.9 Å². The van der Waals surface area contributed by atoms with E-state index >= 15 is 0 Å². The molecule has 5 nitrogen and oxygen atoms in total. The van der Waals surface area contributed by atoms with Gasteiger partial charge in [-0.3, -0.25) is 4.79 Å². The van der Waals surface area contributed by atoms with E-state index in [0.29, 0.717) is 19.4 Å². The number of methoxy groups -OCH3 is 1. The topological polar surface area (TPSA) is 48.0 Å². The van der Waals surface area contributed by atoms with Crippen molar-refractivity contribution < 1.29 is 18.7 Å². The molecule has 1 aromatic carbocycles. The van der Waals surface area contributed by atoms with Gasteiger partial charge in [-0.15, -0.1) is 0 Å². The number of hydrogen-bond donors (Lipinski definition) is 0. The lowest BCUT2D eigenvalue weighted by Crippen LogP contribution is -2.41. The van der Waals surface area contributed by atoms with Gasteiger partial charge in [0.25, 0.3) is 0 Å². The highest BCUT2D eigenvalue weighted by molar-refractivity contribution is 6.74. The van der Waals surface area contributed by atoms with E-state index in [9.17, 15) is 4.79 Å². The van der Waals surface area contributed by atoms with Gasteiger partial charge in [-0.2, -0.15) is 0 Å². The normalized spacial score (nSPS) is 16.2. The van der Waals surface area contributed by atoms with E-state index in [1.54, 1.807) is 7.11 Å². The molecule has 1 aliphatic rings. The Morgan fingerprint density at radius 3 is 2.25 bits per heavy atom. The molecule has 0 spiro atoms. The van der Waals surface area contributed by atoms with Crippen LogP contribution < -0.4 is 9.64 Å². The van der Waals surface area contributed by atoms with Gasteiger partial charge in [0.1, 0.15) is 11.4 Å². The SMILES string of the molecule is COc1ccc([C@H](CCC(=O)OC(C)(C)C)CO[Si](C)(C)C(C)(C)C)cc1N1CCCC1. The minimum atomic E-state index is -1.90. The Morgan fingerprint density at radius 1 is 1.09 bits per heavy atom. The highest BCUT2D eigenvalue weighted by atomic mass is 28.4. The van der Waals surface area contributed by atoms with Gasteiger partial charge in [0.2, 0.25) is 0 Å². The molecule has 1 aromatic rings. The zero-order valence-electron chi connectivity index (χ0n) is 21.8. The van der Waals surface area contributed by atoms with Gasteiger partial charge in [-0.05, 0) is 75.9 Å². The smallest absolute Gasteiger partial charge is 0.306 e. The molecule has 0 amide bonds. The standard InChI is InChI=1S/C26H45NO4Si/c1-25(2,3)31-24(28)15-13-21(19-30-32(8,9)26(4,5)6)20-12-14-23(29-7)22(18-20)27-16-10-11-17-27/h12,14,18,21H,10-11,13,15-17,19H2,1-9H3/t21-/m1/s1. The van der Waals surface area contributed by atoms with Crippen LogP contribution in [0.3, 0.4) is 0 Å². The predicted octanol–water partition coefficient (Wildman–Crippen LogP) is 6.52. The van der Waals surface area contributed by atoms with E-state index < -0.39 is 13.9 Å². The molecule has 6 heteroatoms. The molecular formula is C26H45NO4Si. The minimum Gasteiger partial charge on any atom is -0.495 e. The van der Waals surface area contributed by atoms with Crippen molar-refractivity contribution in [3.05, 3.63) is 23.8 Å². The van der Waals surface area contributed by atoms with Crippen molar-refractivity contribution >= 4 is 20.0 Å². The lowest BCUT2D eigenvalue weighted by molar-refractivity contribution is -0.155. The first kappa shape index (κ1) is 26.7. The zero-order chi connectivity index (χ0) is 24.2. The summed E-state index contributed by atoms with van der Waals surface area (Å²) >= 11 is 0. The Bertz CT molecular complexity index is 758. The van der Waals surface area contributed by atoms with Gasteiger partial charge in [-0.25, -0.2) is 0 Å². The van der Waals surface area contributed by atoms with Gasteiger partial charge in [0.05, 0.1) is 12.8 Å². The van der Waals surface area contributed by atoms with Crippen LogP contribution in [-0.2, 0) is 14.0 Å². The summed E-state index contributed by atoms with van der Waals surface area (Å²) in [5.41, 5.74) is 1.89. The first-order chi connectivity index (χ1) is 14.7. The van der Waals surface area contributed by atoms with Crippen LogP contribution in [0.4, 0.5) is 5.69 Å². The molecule has 0 aromatic heterocycles. The number of carbonyl (C=O) groups excluding carboxylic acids is 1. The summed E-state index contributed by atoms with van der Waals surface area (Å²) in [6, 6.07) is 6.45. The number of ether oxygens (including phenoxy) is 2. The maximum atomic E-state index is 12.4. The molecule has 2 rings (SSSR count). The lowest BCUT2D eigenvalue weighted by atomic mass is 9.94. The highest BCUT2D eigenvalue weighted by Crippen LogP contribution is 2.39. The van der Waals surface area contributed by atoms with Crippen molar-refractivity contribution in [3.63, 3.8) is 0 Å². The summed E-state index contributed by atoms with van der Waals surface area (Å²) in [4.78, 5) is 14.9. The second-order valence-electron chi connectivity index (χ2n) is 11.5. The third-order valence-electron chi connectivity index (χ3n) is 6.69. The molecule has 182 valence electrons. The average molecular weight is 464 g/mol. The summed E-state index contributed by atoms with van der Waals surface area (Å²) < 4.78 is 17.8. The van der Waals surface area contributed by atoms with Gasteiger partial charge in [-0.1, -0.05) is 26.8 Å². The van der Waals surface area contributed by atoms with Crippen LogP contribution in [-0.4, -0.2) is 46.7 Å². The van der Waals surface area contributed by atoms with Crippen molar-refractivity contribution in [1.29, 1.82) is 0 Å². The Kier molecular flexibility index (Phi) is 8.85. The summed E-state index contributed by atoms with van der Waals surface area (Å²) in [5, 5.41) is 0.142. The number of benzene rings is 1. The molecule has 1 saturated heterocycles. The number of anilines is 1. The summed E-state index contributed by atoms with van der Waals surface area (Å²) in [5.74, 6) is 0.888. The molecule has 32 heavy (non-hydrogen) atoms. The lowest BCUT2D eigenvalue weighted by Gasteiger charge is -2.37. The van der Waals surface area contributed by atoms with Crippen molar-refractivity contribution in [1.82, 2.24) is 0 Å². The number of rotatable bonds is 9. The number of hydrogen-bond acceptors (Lipinski definition) is 5. The van der Waals surface area contributed by atoms with Crippen molar-refractivity contribution in [2.45, 2.75) is 96.9 Å². The third kappa shape index (κ3) is 7.51. The molecule has 1 aliphatic heterocycles.